The van der Waals surface area contributed by atoms with Gasteiger partial charge in [-0.3, -0.25) is 4.79 Å². The summed E-state index contributed by atoms with van der Waals surface area (Å²) in [6.07, 6.45) is 5.74. The summed E-state index contributed by atoms with van der Waals surface area (Å²) in [5.41, 5.74) is 6.30. The maximum Gasteiger partial charge on any atom is 0.169 e. The van der Waals surface area contributed by atoms with Crippen LogP contribution in [-0.2, 0) is 0 Å². The SMILES string of the molecule is CN1C2CCC1CC(C(=O)c1cc(Cl)cnc1N)C2. The zero-order valence-electron chi connectivity index (χ0n) is 11.0. The summed E-state index contributed by atoms with van der Waals surface area (Å²) in [5, 5.41) is 0.466. The lowest BCUT2D eigenvalue weighted by atomic mass is 9.85. The number of aromatic nitrogens is 1. The Labute approximate surface area is 117 Å². The fourth-order valence-electron chi connectivity index (χ4n) is 3.49. The van der Waals surface area contributed by atoms with Gasteiger partial charge in [-0.2, -0.15) is 0 Å². The van der Waals surface area contributed by atoms with Gasteiger partial charge in [0.25, 0.3) is 0 Å². The molecule has 4 nitrogen and oxygen atoms in total. The van der Waals surface area contributed by atoms with E-state index in [-0.39, 0.29) is 11.7 Å². The minimum atomic E-state index is 0.0660. The quantitative estimate of drug-likeness (QED) is 0.845. The van der Waals surface area contributed by atoms with Crippen molar-refractivity contribution in [3.8, 4) is 0 Å². The number of pyridine rings is 1. The summed E-state index contributed by atoms with van der Waals surface area (Å²) in [6.45, 7) is 0. The van der Waals surface area contributed by atoms with Crippen LogP contribution >= 0.6 is 11.6 Å². The summed E-state index contributed by atoms with van der Waals surface area (Å²) in [4.78, 5) is 19.0. The van der Waals surface area contributed by atoms with Gasteiger partial charge in [-0.25, -0.2) is 4.98 Å². The Morgan fingerprint density at radius 3 is 2.68 bits per heavy atom. The number of carbonyl (C=O) groups excluding carboxylic acids is 1. The van der Waals surface area contributed by atoms with Gasteiger partial charge in [0.1, 0.15) is 5.82 Å². The largest absolute Gasteiger partial charge is 0.383 e. The van der Waals surface area contributed by atoms with Crippen molar-refractivity contribution < 1.29 is 4.79 Å². The molecule has 1 aromatic heterocycles. The van der Waals surface area contributed by atoms with Crippen LogP contribution in [-0.4, -0.2) is 34.8 Å². The molecule has 3 rings (SSSR count). The van der Waals surface area contributed by atoms with Crippen LogP contribution < -0.4 is 5.73 Å². The monoisotopic (exact) mass is 279 g/mol. The van der Waals surface area contributed by atoms with Crippen molar-refractivity contribution in [2.75, 3.05) is 12.8 Å². The van der Waals surface area contributed by atoms with E-state index < -0.39 is 0 Å². The predicted molar refractivity (Wildman–Crippen MR) is 75.3 cm³/mol. The first-order valence-electron chi connectivity index (χ1n) is 6.73. The van der Waals surface area contributed by atoms with E-state index in [4.69, 9.17) is 17.3 Å². The first-order chi connectivity index (χ1) is 9.06. The smallest absolute Gasteiger partial charge is 0.169 e. The molecule has 2 aliphatic heterocycles. The highest BCUT2D eigenvalue weighted by Crippen LogP contribution is 2.39. The van der Waals surface area contributed by atoms with E-state index in [1.807, 2.05) is 0 Å². The van der Waals surface area contributed by atoms with Crippen LogP contribution in [0, 0.1) is 5.92 Å². The second kappa shape index (κ2) is 4.76. The molecule has 19 heavy (non-hydrogen) atoms. The Morgan fingerprint density at radius 2 is 2.05 bits per heavy atom. The molecule has 2 atom stereocenters. The molecule has 0 aliphatic carbocycles. The molecule has 2 fully saturated rings. The molecule has 0 radical (unpaired) electrons. The fraction of sp³-hybridized carbons (Fsp3) is 0.571. The lowest BCUT2D eigenvalue weighted by Gasteiger charge is -2.35. The number of carbonyl (C=O) groups is 1. The maximum atomic E-state index is 12.6. The van der Waals surface area contributed by atoms with Gasteiger partial charge in [-0.15, -0.1) is 0 Å². The number of piperidine rings is 1. The molecular weight excluding hydrogens is 262 g/mol. The van der Waals surface area contributed by atoms with Crippen molar-refractivity contribution in [3.05, 3.63) is 22.8 Å². The van der Waals surface area contributed by atoms with Gasteiger partial charge in [-0.05, 0) is 38.8 Å². The van der Waals surface area contributed by atoms with E-state index in [0.29, 0.717) is 28.5 Å². The van der Waals surface area contributed by atoms with Crippen molar-refractivity contribution in [3.63, 3.8) is 0 Å². The van der Waals surface area contributed by atoms with Gasteiger partial charge >= 0.3 is 0 Å². The van der Waals surface area contributed by atoms with E-state index in [1.54, 1.807) is 6.07 Å². The Bertz CT molecular complexity index is 505. The number of anilines is 1. The van der Waals surface area contributed by atoms with Crippen LogP contribution in [0.2, 0.25) is 5.02 Å². The Hall–Kier alpha value is -1.13. The fourth-order valence-corrected chi connectivity index (χ4v) is 3.65. The molecule has 2 aliphatic rings. The first kappa shape index (κ1) is 12.9. The number of nitrogens with zero attached hydrogens (tertiary/aromatic N) is 2. The van der Waals surface area contributed by atoms with Crippen LogP contribution in [0.1, 0.15) is 36.0 Å². The van der Waals surface area contributed by atoms with Crippen LogP contribution in [0.4, 0.5) is 5.82 Å². The molecule has 0 spiro atoms. The Balaban J connectivity index is 1.83. The minimum Gasteiger partial charge on any atom is -0.383 e. The third-order valence-corrected chi connectivity index (χ3v) is 4.83. The maximum absolute atomic E-state index is 12.6. The average Bonchev–Trinajstić information content (AvgIpc) is 2.64. The minimum absolute atomic E-state index is 0.0660. The molecule has 2 saturated heterocycles. The first-order valence-corrected chi connectivity index (χ1v) is 7.11. The van der Waals surface area contributed by atoms with Crippen molar-refractivity contribution in [1.29, 1.82) is 0 Å². The lowest BCUT2D eigenvalue weighted by molar-refractivity contribution is 0.0768. The van der Waals surface area contributed by atoms with Crippen molar-refractivity contribution >= 4 is 23.2 Å². The van der Waals surface area contributed by atoms with Crippen molar-refractivity contribution in [2.24, 2.45) is 5.92 Å². The molecule has 3 heterocycles. The van der Waals surface area contributed by atoms with Crippen LogP contribution in [0.15, 0.2) is 12.3 Å². The summed E-state index contributed by atoms with van der Waals surface area (Å²) >= 11 is 5.91. The number of hydrogen-bond donors (Lipinski definition) is 1. The van der Waals surface area contributed by atoms with Gasteiger partial charge in [-0.1, -0.05) is 11.6 Å². The van der Waals surface area contributed by atoms with E-state index in [0.717, 1.165) is 12.8 Å². The van der Waals surface area contributed by atoms with Gasteiger partial charge in [0.05, 0.1) is 10.6 Å². The van der Waals surface area contributed by atoms with E-state index >= 15 is 0 Å². The molecule has 102 valence electrons. The molecule has 5 heteroatoms. The average molecular weight is 280 g/mol. The molecule has 2 unspecified atom stereocenters. The van der Waals surface area contributed by atoms with Crippen LogP contribution in [0.3, 0.4) is 0 Å². The van der Waals surface area contributed by atoms with E-state index in [9.17, 15) is 4.79 Å². The summed E-state index contributed by atoms with van der Waals surface area (Å²) in [7, 11) is 2.17. The number of ketones is 1. The number of rotatable bonds is 2. The molecule has 0 amide bonds. The topological polar surface area (TPSA) is 59.2 Å². The molecule has 0 saturated carbocycles. The lowest BCUT2D eigenvalue weighted by Crippen LogP contribution is -2.42. The second-order valence-electron chi connectivity index (χ2n) is 5.67. The summed E-state index contributed by atoms with van der Waals surface area (Å²) in [6, 6.07) is 2.73. The highest BCUT2D eigenvalue weighted by molar-refractivity contribution is 6.31. The molecule has 1 aromatic rings. The molecule has 0 aromatic carbocycles. The summed E-state index contributed by atoms with van der Waals surface area (Å²) in [5.74, 6) is 0.467. The van der Waals surface area contributed by atoms with Crippen LogP contribution in [0.5, 0.6) is 0 Å². The van der Waals surface area contributed by atoms with E-state index in [2.05, 4.69) is 16.9 Å². The normalized spacial score (nSPS) is 30.5. The van der Waals surface area contributed by atoms with Crippen molar-refractivity contribution in [1.82, 2.24) is 9.88 Å². The van der Waals surface area contributed by atoms with Crippen LogP contribution in [0.25, 0.3) is 0 Å². The van der Waals surface area contributed by atoms with Gasteiger partial charge in [0.15, 0.2) is 5.78 Å². The molecular formula is C14H18ClN3O. The highest BCUT2D eigenvalue weighted by atomic mass is 35.5. The summed E-state index contributed by atoms with van der Waals surface area (Å²) < 4.78 is 0. The Morgan fingerprint density at radius 1 is 1.42 bits per heavy atom. The number of nitrogens with two attached hydrogens (primary N) is 1. The third kappa shape index (κ3) is 2.23. The molecule has 2 bridgehead atoms. The van der Waals surface area contributed by atoms with Gasteiger partial charge < -0.3 is 10.6 Å². The number of hydrogen-bond acceptors (Lipinski definition) is 4. The zero-order chi connectivity index (χ0) is 13.6. The number of halogens is 1. The van der Waals surface area contributed by atoms with Crippen molar-refractivity contribution in [2.45, 2.75) is 37.8 Å². The third-order valence-electron chi connectivity index (χ3n) is 4.62. The number of fused-ring (bicyclic) bond motifs is 2. The number of nitrogen functional groups attached to an aromatic ring is 1. The van der Waals surface area contributed by atoms with Gasteiger partial charge in [0.2, 0.25) is 0 Å². The van der Waals surface area contributed by atoms with Gasteiger partial charge in [0, 0.05) is 24.2 Å². The molecule has 2 N–H and O–H groups in total. The second-order valence-corrected chi connectivity index (χ2v) is 6.11. The number of Topliss-reactive ketones (excluding diaryl/α,β-unsaturated/α-hetero) is 1. The predicted octanol–water partition coefficient (Wildman–Crippen LogP) is 2.37. The standard InChI is InChI=1S/C14H18ClN3O/c1-18-10-2-3-11(18)5-8(4-10)13(19)12-6-9(15)7-17-14(12)16/h6-8,10-11H,2-5H2,1H3,(H2,16,17). The Kier molecular flexibility index (Phi) is 3.23. The van der Waals surface area contributed by atoms with E-state index in [1.165, 1.54) is 19.0 Å². The highest BCUT2D eigenvalue weighted by Gasteiger charge is 2.41. The zero-order valence-corrected chi connectivity index (χ0v) is 11.7.